The second-order valence-corrected chi connectivity index (χ2v) is 4.73. The molecule has 1 rings (SSSR count). The molecular weight excluding hydrogens is 202 g/mol. The van der Waals surface area contributed by atoms with Crippen LogP contribution in [0, 0.1) is 5.92 Å². The molecule has 0 aromatic heterocycles. The van der Waals surface area contributed by atoms with Crippen LogP contribution in [0.2, 0.25) is 0 Å². The lowest BCUT2D eigenvalue weighted by atomic mass is 9.93. The smallest absolute Gasteiger partial charge is 0.0145 e. The highest BCUT2D eigenvalue weighted by molar-refractivity contribution is 9.09. The fourth-order valence-electron chi connectivity index (χ4n) is 1.65. The third-order valence-electron chi connectivity index (χ3n) is 2.49. The lowest BCUT2D eigenvalue weighted by molar-refractivity contribution is 0.351. The van der Waals surface area contributed by atoms with Gasteiger partial charge in [0.15, 0.2) is 0 Å². The normalized spacial score (nSPS) is 23.5. The summed E-state index contributed by atoms with van der Waals surface area (Å²) in [6, 6.07) is 0. The Kier molecular flexibility index (Phi) is 4.46. The predicted molar refractivity (Wildman–Crippen MR) is 53.2 cm³/mol. The van der Waals surface area contributed by atoms with Gasteiger partial charge in [-0.15, -0.1) is 0 Å². The van der Waals surface area contributed by atoms with Crippen LogP contribution in [-0.2, 0) is 0 Å². The number of hydrogen-bond donors (Lipinski definition) is 1. The summed E-state index contributed by atoms with van der Waals surface area (Å²) in [5.74, 6) is 0.973. The van der Waals surface area contributed by atoms with E-state index >= 15 is 0 Å². The molecule has 0 amide bonds. The van der Waals surface area contributed by atoms with Crippen molar-refractivity contribution in [3.63, 3.8) is 0 Å². The maximum atomic E-state index is 3.69. The topological polar surface area (TPSA) is 12.0 Å². The van der Waals surface area contributed by atoms with Crippen molar-refractivity contribution in [1.82, 2.24) is 5.32 Å². The van der Waals surface area contributed by atoms with E-state index in [1.165, 1.54) is 38.8 Å². The number of nitrogens with one attached hydrogen (secondary N) is 1. The van der Waals surface area contributed by atoms with Crippen molar-refractivity contribution in [2.24, 2.45) is 5.92 Å². The van der Waals surface area contributed by atoms with Gasteiger partial charge in [-0.05, 0) is 44.7 Å². The van der Waals surface area contributed by atoms with E-state index in [9.17, 15) is 0 Å². The van der Waals surface area contributed by atoms with Crippen molar-refractivity contribution in [3.8, 4) is 0 Å². The highest BCUT2D eigenvalue weighted by Crippen LogP contribution is 2.22. The number of alkyl halides is 1. The SMILES string of the molecule is CCC(Br)CC1CCNCC1. The van der Waals surface area contributed by atoms with Crippen molar-refractivity contribution in [2.75, 3.05) is 13.1 Å². The molecule has 2 heteroatoms. The first-order chi connectivity index (χ1) is 5.33. The van der Waals surface area contributed by atoms with E-state index in [0.29, 0.717) is 0 Å². The molecule has 1 atom stereocenters. The standard InChI is InChI=1S/C9H18BrN/c1-2-9(10)7-8-3-5-11-6-4-8/h8-9,11H,2-7H2,1H3. The summed E-state index contributed by atoms with van der Waals surface area (Å²) in [4.78, 5) is 0.755. The van der Waals surface area contributed by atoms with Crippen molar-refractivity contribution in [1.29, 1.82) is 0 Å². The number of piperidine rings is 1. The van der Waals surface area contributed by atoms with Crippen LogP contribution in [0.3, 0.4) is 0 Å². The molecule has 0 aromatic carbocycles. The minimum absolute atomic E-state index is 0.755. The van der Waals surface area contributed by atoms with Crippen molar-refractivity contribution < 1.29 is 0 Å². The average molecular weight is 220 g/mol. The zero-order valence-corrected chi connectivity index (χ0v) is 8.86. The molecule has 1 nitrogen and oxygen atoms in total. The van der Waals surface area contributed by atoms with Gasteiger partial charge < -0.3 is 5.32 Å². The van der Waals surface area contributed by atoms with Crippen LogP contribution in [0.5, 0.6) is 0 Å². The van der Waals surface area contributed by atoms with E-state index in [0.717, 1.165) is 10.7 Å². The Balaban J connectivity index is 2.13. The van der Waals surface area contributed by atoms with Crippen molar-refractivity contribution in [3.05, 3.63) is 0 Å². The largest absolute Gasteiger partial charge is 0.317 e. The highest BCUT2D eigenvalue weighted by atomic mass is 79.9. The summed E-state index contributed by atoms with van der Waals surface area (Å²) >= 11 is 3.69. The average Bonchev–Trinajstić information content (AvgIpc) is 2.06. The summed E-state index contributed by atoms with van der Waals surface area (Å²) in [6.45, 7) is 4.71. The van der Waals surface area contributed by atoms with Gasteiger partial charge in [-0.1, -0.05) is 22.9 Å². The highest BCUT2D eigenvalue weighted by Gasteiger charge is 2.15. The van der Waals surface area contributed by atoms with Gasteiger partial charge in [0.05, 0.1) is 0 Å². The fourth-order valence-corrected chi connectivity index (χ4v) is 2.17. The van der Waals surface area contributed by atoms with E-state index in [-0.39, 0.29) is 0 Å². The molecule has 11 heavy (non-hydrogen) atoms. The molecule has 1 aliphatic rings. The maximum Gasteiger partial charge on any atom is 0.0145 e. The van der Waals surface area contributed by atoms with Crippen molar-refractivity contribution in [2.45, 2.75) is 37.4 Å². The van der Waals surface area contributed by atoms with E-state index in [4.69, 9.17) is 0 Å². The van der Waals surface area contributed by atoms with Crippen LogP contribution in [-0.4, -0.2) is 17.9 Å². The van der Waals surface area contributed by atoms with Gasteiger partial charge in [-0.25, -0.2) is 0 Å². The monoisotopic (exact) mass is 219 g/mol. The third kappa shape index (κ3) is 3.57. The van der Waals surface area contributed by atoms with Gasteiger partial charge in [0.25, 0.3) is 0 Å². The second-order valence-electron chi connectivity index (χ2n) is 3.43. The Labute approximate surface area is 78.1 Å². The molecule has 0 radical (unpaired) electrons. The van der Waals surface area contributed by atoms with Crippen LogP contribution >= 0.6 is 15.9 Å². The summed E-state index contributed by atoms with van der Waals surface area (Å²) in [5, 5.41) is 3.39. The van der Waals surface area contributed by atoms with Crippen LogP contribution in [0.15, 0.2) is 0 Å². The number of hydrogen-bond acceptors (Lipinski definition) is 1. The van der Waals surface area contributed by atoms with Crippen LogP contribution in [0.25, 0.3) is 0 Å². The van der Waals surface area contributed by atoms with Gasteiger partial charge in [-0.3, -0.25) is 0 Å². The molecule has 1 heterocycles. The molecule has 0 aromatic rings. The molecule has 0 bridgehead atoms. The van der Waals surface area contributed by atoms with E-state index in [1.54, 1.807) is 0 Å². The van der Waals surface area contributed by atoms with Gasteiger partial charge in [-0.2, -0.15) is 0 Å². The van der Waals surface area contributed by atoms with Gasteiger partial charge in [0.2, 0.25) is 0 Å². The summed E-state index contributed by atoms with van der Waals surface area (Å²) in [7, 11) is 0. The van der Waals surface area contributed by atoms with Crippen LogP contribution in [0.1, 0.15) is 32.6 Å². The first-order valence-corrected chi connectivity index (χ1v) is 5.59. The molecule has 0 saturated carbocycles. The molecule has 1 saturated heterocycles. The molecule has 1 unspecified atom stereocenters. The molecule has 1 fully saturated rings. The van der Waals surface area contributed by atoms with Gasteiger partial charge in [0.1, 0.15) is 0 Å². The summed E-state index contributed by atoms with van der Waals surface area (Å²) in [6.07, 6.45) is 5.40. The Hall–Kier alpha value is 0.440. The molecular formula is C9H18BrN. The Morgan fingerprint density at radius 2 is 2.09 bits per heavy atom. The zero-order valence-electron chi connectivity index (χ0n) is 7.28. The van der Waals surface area contributed by atoms with Crippen molar-refractivity contribution >= 4 is 15.9 Å². The Morgan fingerprint density at radius 3 is 2.64 bits per heavy atom. The molecule has 0 spiro atoms. The molecule has 1 aliphatic heterocycles. The van der Waals surface area contributed by atoms with E-state index in [1.807, 2.05) is 0 Å². The third-order valence-corrected chi connectivity index (χ3v) is 3.51. The van der Waals surface area contributed by atoms with E-state index < -0.39 is 0 Å². The minimum atomic E-state index is 0.755. The van der Waals surface area contributed by atoms with Crippen LogP contribution in [0.4, 0.5) is 0 Å². The van der Waals surface area contributed by atoms with E-state index in [2.05, 4.69) is 28.2 Å². The van der Waals surface area contributed by atoms with Gasteiger partial charge >= 0.3 is 0 Å². The molecule has 1 N–H and O–H groups in total. The second kappa shape index (κ2) is 5.15. The van der Waals surface area contributed by atoms with Crippen LogP contribution < -0.4 is 5.32 Å². The zero-order chi connectivity index (χ0) is 8.10. The lowest BCUT2D eigenvalue weighted by Gasteiger charge is -2.24. The number of rotatable bonds is 3. The Morgan fingerprint density at radius 1 is 1.45 bits per heavy atom. The predicted octanol–water partition coefficient (Wildman–Crippen LogP) is 2.55. The molecule has 66 valence electrons. The number of halogens is 1. The fraction of sp³-hybridized carbons (Fsp3) is 1.00. The lowest BCUT2D eigenvalue weighted by Crippen LogP contribution is -2.28. The quantitative estimate of drug-likeness (QED) is 0.720. The Bertz CT molecular complexity index is 99.7. The summed E-state index contributed by atoms with van der Waals surface area (Å²) in [5.41, 5.74) is 0. The minimum Gasteiger partial charge on any atom is -0.317 e. The first kappa shape index (κ1) is 9.53. The maximum absolute atomic E-state index is 3.69. The summed E-state index contributed by atoms with van der Waals surface area (Å²) < 4.78 is 0. The van der Waals surface area contributed by atoms with Gasteiger partial charge in [0, 0.05) is 4.83 Å². The molecule has 0 aliphatic carbocycles. The first-order valence-electron chi connectivity index (χ1n) is 4.67.